The van der Waals surface area contributed by atoms with E-state index in [-0.39, 0.29) is 23.2 Å². The fraction of sp³-hybridized carbons (Fsp3) is 1.00. The Hall–Kier alpha value is -0.0800. The van der Waals surface area contributed by atoms with E-state index in [2.05, 4.69) is 62.3 Å². The molecule has 0 rings (SSSR count). The summed E-state index contributed by atoms with van der Waals surface area (Å²) in [5.41, 5.74) is 0.464. The lowest BCUT2D eigenvalue weighted by Gasteiger charge is -2.66. The molecular weight excluding hydrogens is 234 g/mol. The van der Waals surface area contributed by atoms with Gasteiger partial charge in [0.15, 0.2) is 0 Å². The fourth-order valence-electron chi connectivity index (χ4n) is 4.33. The van der Waals surface area contributed by atoms with Gasteiger partial charge in [-0.05, 0) is 60.8 Å². The van der Waals surface area contributed by atoms with Crippen LogP contribution in [0.15, 0.2) is 0 Å². The van der Waals surface area contributed by atoms with Crippen LogP contribution in [-0.2, 0) is 0 Å². The van der Waals surface area contributed by atoms with Gasteiger partial charge in [-0.3, -0.25) is 0 Å². The Bertz CT molecular complexity index is 238. The molecule has 0 amide bonds. The van der Waals surface area contributed by atoms with Crippen molar-refractivity contribution in [1.82, 2.24) is 0 Å². The summed E-state index contributed by atoms with van der Waals surface area (Å²) in [4.78, 5) is 0. The van der Waals surface area contributed by atoms with Crippen molar-refractivity contribution in [1.29, 1.82) is 0 Å². The molecule has 0 aliphatic heterocycles. The van der Waals surface area contributed by atoms with Crippen LogP contribution in [0.3, 0.4) is 0 Å². The number of nitrogens with zero attached hydrogens (tertiary/aromatic N) is 1. The maximum Gasteiger partial charge on any atom is 0.103 e. The minimum absolute atomic E-state index is 0.155. The van der Waals surface area contributed by atoms with Gasteiger partial charge >= 0.3 is 0 Å². The van der Waals surface area contributed by atoms with Crippen molar-refractivity contribution in [2.45, 2.75) is 98.2 Å². The van der Waals surface area contributed by atoms with Crippen molar-refractivity contribution in [2.24, 2.45) is 0 Å². The molecule has 2 nitrogen and oxygen atoms in total. The van der Waals surface area contributed by atoms with Gasteiger partial charge in [-0.15, -0.1) is 0 Å². The van der Waals surface area contributed by atoms with Crippen LogP contribution >= 0.6 is 0 Å². The van der Waals surface area contributed by atoms with Gasteiger partial charge in [0.05, 0.1) is 23.2 Å². The molecule has 0 fully saturated rings. The lowest BCUT2D eigenvalue weighted by molar-refractivity contribution is -1.05. The van der Waals surface area contributed by atoms with Crippen LogP contribution in [0.4, 0.5) is 0 Å². The van der Waals surface area contributed by atoms with Gasteiger partial charge in [-0.25, -0.2) is 0 Å². The van der Waals surface area contributed by atoms with Crippen molar-refractivity contribution < 1.29 is 9.59 Å². The highest BCUT2D eigenvalue weighted by molar-refractivity contribution is 4.87. The Balaban J connectivity index is 6.22. The number of hydrogen-bond acceptors (Lipinski definition) is 1. The highest BCUT2D eigenvalue weighted by Crippen LogP contribution is 2.47. The van der Waals surface area contributed by atoms with E-state index in [1.807, 2.05) is 0 Å². The van der Waals surface area contributed by atoms with Gasteiger partial charge in [0, 0.05) is 0 Å². The number of aliphatic hydroxyl groups excluding tert-OH is 1. The molecule has 0 atom stereocenters. The summed E-state index contributed by atoms with van der Waals surface area (Å²) in [6, 6.07) is 0. The van der Waals surface area contributed by atoms with E-state index in [1.54, 1.807) is 0 Å². The quantitative estimate of drug-likeness (QED) is 0.651. The second kappa shape index (κ2) is 6.13. The van der Waals surface area contributed by atoms with Gasteiger partial charge in [0.1, 0.15) is 6.54 Å². The van der Waals surface area contributed by atoms with Crippen LogP contribution in [0, 0.1) is 0 Å². The molecule has 0 radical (unpaired) electrons. The van der Waals surface area contributed by atoms with Crippen LogP contribution in [0.25, 0.3) is 0 Å². The largest absolute Gasteiger partial charge is 0.391 e. The molecule has 0 heterocycles. The van der Waals surface area contributed by atoms with Crippen LogP contribution in [0.5, 0.6) is 0 Å². The molecule has 0 aromatic heterocycles. The molecule has 0 aromatic carbocycles. The van der Waals surface area contributed by atoms with E-state index >= 15 is 0 Å². The maximum atomic E-state index is 9.76. The second-order valence-electron chi connectivity index (χ2n) is 7.75. The number of aliphatic hydroxyl groups is 1. The van der Waals surface area contributed by atoms with Crippen molar-refractivity contribution in [2.75, 3.05) is 13.2 Å². The molecule has 0 aliphatic rings. The van der Waals surface area contributed by atoms with Crippen LogP contribution in [0.2, 0.25) is 0 Å². The lowest BCUT2D eigenvalue weighted by Crippen LogP contribution is -2.79. The van der Waals surface area contributed by atoms with Crippen molar-refractivity contribution in [3.63, 3.8) is 0 Å². The molecule has 0 unspecified atom stereocenters. The zero-order chi connectivity index (χ0) is 15.5. The zero-order valence-electron chi connectivity index (χ0n) is 14.9. The van der Waals surface area contributed by atoms with Crippen LogP contribution in [0.1, 0.15) is 81.6 Å². The summed E-state index contributed by atoms with van der Waals surface area (Å²) in [5, 5.41) is 9.76. The molecule has 0 saturated carbocycles. The molecule has 0 aliphatic carbocycles. The number of rotatable bonds is 8. The molecular formula is C17H38NO+. The van der Waals surface area contributed by atoms with Crippen LogP contribution in [-0.4, -0.2) is 39.4 Å². The summed E-state index contributed by atoms with van der Waals surface area (Å²) in [5.74, 6) is 0. The van der Waals surface area contributed by atoms with E-state index in [9.17, 15) is 5.11 Å². The van der Waals surface area contributed by atoms with E-state index in [0.717, 1.165) is 30.3 Å². The van der Waals surface area contributed by atoms with Crippen molar-refractivity contribution in [3.05, 3.63) is 0 Å². The highest BCUT2D eigenvalue weighted by Gasteiger charge is 2.59. The molecule has 1 N–H and O–H groups in total. The normalized spacial score (nSPS) is 14.8. The first-order chi connectivity index (χ1) is 8.49. The second-order valence-corrected chi connectivity index (χ2v) is 7.75. The fourth-order valence-corrected chi connectivity index (χ4v) is 4.33. The predicted molar refractivity (Wildman–Crippen MR) is 85.3 cm³/mol. The van der Waals surface area contributed by atoms with Gasteiger partial charge in [0.2, 0.25) is 0 Å². The summed E-state index contributed by atoms with van der Waals surface area (Å²) in [7, 11) is 0. The Morgan fingerprint density at radius 3 is 1.11 bits per heavy atom. The Morgan fingerprint density at radius 1 is 0.684 bits per heavy atom. The molecule has 0 saturated heterocycles. The predicted octanol–water partition coefficient (Wildman–Crippen LogP) is 4.36. The Morgan fingerprint density at radius 2 is 0.947 bits per heavy atom. The molecule has 0 spiro atoms. The third-order valence-electron chi connectivity index (χ3n) is 6.13. The van der Waals surface area contributed by atoms with Crippen molar-refractivity contribution >= 4 is 0 Å². The average molecular weight is 272 g/mol. The smallest absolute Gasteiger partial charge is 0.103 e. The maximum absolute atomic E-state index is 9.76. The van der Waals surface area contributed by atoms with Gasteiger partial charge in [0.25, 0.3) is 0 Å². The first-order valence-electron chi connectivity index (χ1n) is 7.99. The van der Waals surface area contributed by atoms with E-state index in [4.69, 9.17) is 0 Å². The molecule has 0 aromatic rings. The summed E-state index contributed by atoms with van der Waals surface area (Å²) in [6.45, 7) is 22.2. The molecule has 0 bridgehead atoms. The lowest BCUT2D eigenvalue weighted by atomic mass is 9.76. The molecule has 116 valence electrons. The SMILES string of the molecule is CCC(C)(C)[N+](CCO)(C(C)(C)CC)C(C)(C)CC. The summed E-state index contributed by atoms with van der Waals surface area (Å²) in [6.07, 6.45) is 3.37. The van der Waals surface area contributed by atoms with Gasteiger partial charge in [-0.2, -0.15) is 0 Å². The topological polar surface area (TPSA) is 20.2 Å². The van der Waals surface area contributed by atoms with Gasteiger partial charge < -0.3 is 9.59 Å². The van der Waals surface area contributed by atoms with Crippen LogP contribution < -0.4 is 0 Å². The minimum atomic E-state index is 0.155. The molecule has 2 heteroatoms. The summed E-state index contributed by atoms with van der Waals surface area (Å²) >= 11 is 0. The monoisotopic (exact) mass is 272 g/mol. The summed E-state index contributed by atoms with van der Waals surface area (Å²) < 4.78 is 0.979. The third-order valence-corrected chi connectivity index (χ3v) is 6.13. The Kier molecular flexibility index (Phi) is 6.11. The molecule has 19 heavy (non-hydrogen) atoms. The first kappa shape index (κ1) is 18.9. The van der Waals surface area contributed by atoms with Crippen molar-refractivity contribution in [3.8, 4) is 0 Å². The van der Waals surface area contributed by atoms with Gasteiger partial charge in [-0.1, -0.05) is 20.8 Å². The van der Waals surface area contributed by atoms with E-state index < -0.39 is 0 Å². The first-order valence-corrected chi connectivity index (χ1v) is 7.99. The van der Waals surface area contributed by atoms with E-state index in [1.165, 1.54) is 0 Å². The minimum Gasteiger partial charge on any atom is -0.391 e. The average Bonchev–Trinajstić information content (AvgIpc) is 2.34. The number of quaternary nitrogens is 1. The zero-order valence-corrected chi connectivity index (χ0v) is 14.9. The van der Waals surface area contributed by atoms with E-state index in [0.29, 0.717) is 0 Å². The third kappa shape index (κ3) is 2.85. The highest BCUT2D eigenvalue weighted by atomic mass is 16.3. The standard InChI is InChI=1S/C17H38NO/c1-10-15(4,5)18(13-14-19,16(6,7)11-2)17(8,9)12-3/h19H,10-14H2,1-9H3/q+1. The Labute approximate surface area is 121 Å². The number of hydrogen-bond donors (Lipinski definition) is 1.